The highest BCUT2D eigenvalue weighted by Crippen LogP contribution is 2.27. The molecule has 0 bridgehead atoms. The van der Waals surface area contributed by atoms with Crippen LogP contribution in [0.25, 0.3) is 0 Å². The molecule has 8 heteroatoms. The molecule has 0 fully saturated rings. The molecule has 128 valence electrons. The monoisotopic (exact) mass is 359 g/mol. The van der Waals surface area contributed by atoms with Gasteiger partial charge < -0.3 is 14.8 Å². The van der Waals surface area contributed by atoms with E-state index in [-0.39, 0.29) is 18.1 Å². The van der Waals surface area contributed by atoms with Gasteiger partial charge in [-0.2, -0.15) is 0 Å². The lowest BCUT2D eigenvalue weighted by Crippen LogP contribution is -2.17. The summed E-state index contributed by atoms with van der Waals surface area (Å²) in [7, 11) is 1.48. The molecule has 2 aromatic carbocycles. The summed E-state index contributed by atoms with van der Waals surface area (Å²) in [6, 6.07) is 9.87. The molecule has 0 spiro atoms. The zero-order chi connectivity index (χ0) is 17.7. The molecule has 1 N–H and O–H groups in total. The van der Waals surface area contributed by atoms with Gasteiger partial charge in [0.05, 0.1) is 18.6 Å². The van der Waals surface area contributed by atoms with Crippen molar-refractivity contribution in [2.45, 2.75) is 12.8 Å². The molecule has 0 unspecified atom stereocenters. The van der Waals surface area contributed by atoms with E-state index in [2.05, 4.69) is 10.1 Å². The first-order valence-electron chi connectivity index (χ1n) is 6.75. The molecule has 2 rings (SSSR count). The molecule has 0 aliphatic rings. The third-order valence-corrected chi connectivity index (χ3v) is 3.25. The van der Waals surface area contributed by atoms with Gasteiger partial charge in [0.2, 0.25) is 5.91 Å². The molecule has 24 heavy (non-hydrogen) atoms. The molecule has 0 atom stereocenters. The lowest BCUT2D eigenvalue weighted by atomic mass is 10.1. The van der Waals surface area contributed by atoms with E-state index < -0.39 is 6.36 Å². The highest BCUT2D eigenvalue weighted by Gasteiger charge is 2.30. The van der Waals surface area contributed by atoms with Gasteiger partial charge in [-0.15, -0.1) is 13.2 Å². The number of anilines is 1. The maximum atomic E-state index is 12.1. The SMILES string of the molecule is COc1ccc(NC(=O)Cc2ccc(OC(F)(F)F)cc2)cc1Cl. The minimum atomic E-state index is -4.74. The fraction of sp³-hybridized carbons (Fsp3) is 0.188. The van der Waals surface area contributed by atoms with Crippen LogP contribution in [0.2, 0.25) is 5.02 Å². The van der Waals surface area contributed by atoms with Gasteiger partial charge in [-0.05, 0) is 35.9 Å². The summed E-state index contributed by atoms with van der Waals surface area (Å²) in [5, 5.41) is 3.00. The van der Waals surface area contributed by atoms with Gasteiger partial charge in [0, 0.05) is 5.69 Å². The Morgan fingerprint density at radius 1 is 1.17 bits per heavy atom. The van der Waals surface area contributed by atoms with Crippen molar-refractivity contribution in [3.8, 4) is 11.5 Å². The van der Waals surface area contributed by atoms with E-state index in [1.165, 1.54) is 19.2 Å². The van der Waals surface area contributed by atoms with Crippen molar-refractivity contribution in [2.24, 2.45) is 0 Å². The van der Waals surface area contributed by atoms with Gasteiger partial charge in [0.15, 0.2) is 0 Å². The van der Waals surface area contributed by atoms with Gasteiger partial charge >= 0.3 is 6.36 Å². The van der Waals surface area contributed by atoms with Gasteiger partial charge in [-0.1, -0.05) is 23.7 Å². The molecular formula is C16H13ClF3NO3. The van der Waals surface area contributed by atoms with Crippen LogP contribution in [-0.2, 0) is 11.2 Å². The van der Waals surface area contributed by atoms with Crippen LogP contribution in [0.1, 0.15) is 5.56 Å². The summed E-state index contributed by atoms with van der Waals surface area (Å²) in [6.45, 7) is 0. The summed E-state index contributed by atoms with van der Waals surface area (Å²) in [4.78, 5) is 12.0. The lowest BCUT2D eigenvalue weighted by molar-refractivity contribution is -0.274. The van der Waals surface area contributed by atoms with Crippen molar-refractivity contribution in [3.05, 3.63) is 53.1 Å². The van der Waals surface area contributed by atoms with Crippen LogP contribution in [-0.4, -0.2) is 19.4 Å². The van der Waals surface area contributed by atoms with Crippen molar-refractivity contribution in [1.29, 1.82) is 0 Å². The average molecular weight is 360 g/mol. The Morgan fingerprint density at radius 2 is 1.83 bits per heavy atom. The smallest absolute Gasteiger partial charge is 0.495 e. The first-order valence-corrected chi connectivity index (χ1v) is 7.13. The predicted molar refractivity (Wildman–Crippen MR) is 83.5 cm³/mol. The van der Waals surface area contributed by atoms with Crippen LogP contribution in [0.5, 0.6) is 11.5 Å². The number of hydrogen-bond donors (Lipinski definition) is 1. The van der Waals surface area contributed by atoms with Crippen LogP contribution in [0.4, 0.5) is 18.9 Å². The van der Waals surface area contributed by atoms with E-state index in [4.69, 9.17) is 16.3 Å². The van der Waals surface area contributed by atoms with Crippen molar-refractivity contribution in [2.75, 3.05) is 12.4 Å². The van der Waals surface area contributed by atoms with Crippen LogP contribution in [0.15, 0.2) is 42.5 Å². The van der Waals surface area contributed by atoms with E-state index in [9.17, 15) is 18.0 Å². The number of carbonyl (C=O) groups excluding carboxylic acids is 1. The molecular weight excluding hydrogens is 347 g/mol. The first kappa shape index (κ1) is 17.9. The third kappa shape index (κ3) is 5.34. The van der Waals surface area contributed by atoms with E-state index in [1.807, 2.05) is 0 Å². The van der Waals surface area contributed by atoms with Crippen LogP contribution in [0, 0.1) is 0 Å². The predicted octanol–water partition coefficient (Wildman–Crippen LogP) is 4.43. The van der Waals surface area contributed by atoms with Gasteiger partial charge in [0.1, 0.15) is 11.5 Å². The highest BCUT2D eigenvalue weighted by molar-refractivity contribution is 6.32. The standard InChI is InChI=1S/C16H13ClF3NO3/c1-23-14-7-4-11(9-13(14)17)21-15(22)8-10-2-5-12(6-3-10)24-16(18,19)20/h2-7,9H,8H2,1H3,(H,21,22). The van der Waals surface area contributed by atoms with Crippen molar-refractivity contribution >= 4 is 23.2 Å². The largest absolute Gasteiger partial charge is 0.573 e. The van der Waals surface area contributed by atoms with Crippen LogP contribution in [0.3, 0.4) is 0 Å². The Balaban J connectivity index is 1.96. The number of alkyl halides is 3. The normalized spacial score (nSPS) is 11.0. The second-order valence-electron chi connectivity index (χ2n) is 4.77. The second kappa shape index (κ2) is 7.44. The maximum Gasteiger partial charge on any atom is 0.573 e. The summed E-state index contributed by atoms with van der Waals surface area (Å²) < 4.78 is 45.0. The minimum Gasteiger partial charge on any atom is -0.495 e. The third-order valence-electron chi connectivity index (χ3n) is 2.96. The first-order chi connectivity index (χ1) is 11.3. The molecule has 0 heterocycles. The Hall–Kier alpha value is -2.41. The number of amides is 1. The highest BCUT2D eigenvalue weighted by atomic mass is 35.5. The number of hydrogen-bond acceptors (Lipinski definition) is 3. The van der Waals surface area contributed by atoms with Crippen molar-refractivity contribution in [3.63, 3.8) is 0 Å². The van der Waals surface area contributed by atoms with Gasteiger partial charge in [0.25, 0.3) is 0 Å². The number of halogens is 4. The Morgan fingerprint density at radius 3 is 2.38 bits per heavy atom. The van der Waals surface area contributed by atoms with E-state index in [1.54, 1.807) is 18.2 Å². The lowest BCUT2D eigenvalue weighted by Gasteiger charge is -2.10. The topological polar surface area (TPSA) is 47.6 Å². The van der Waals surface area contributed by atoms with Gasteiger partial charge in [-0.3, -0.25) is 4.79 Å². The summed E-state index contributed by atoms with van der Waals surface area (Å²) >= 11 is 5.96. The molecule has 4 nitrogen and oxygen atoms in total. The molecule has 0 aliphatic carbocycles. The number of methoxy groups -OCH3 is 1. The quantitative estimate of drug-likeness (QED) is 0.859. The maximum absolute atomic E-state index is 12.1. The zero-order valence-corrected chi connectivity index (χ0v) is 13.2. The summed E-state index contributed by atoms with van der Waals surface area (Å²) in [5.41, 5.74) is 1.03. The molecule has 1 amide bonds. The van der Waals surface area contributed by atoms with Crippen molar-refractivity contribution in [1.82, 2.24) is 0 Å². The zero-order valence-electron chi connectivity index (χ0n) is 12.5. The number of nitrogens with one attached hydrogen (secondary N) is 1. The van der Waals surface area contributed by atoms with Crippen molar-refractivity contribution < 1.29 is 27.4 Å². The van der Waals surface area contributed by atoms with Crippen LogP contribution < -0.4 is 14.8 Å². The fourth-order valence-corrected chi connectivity index (χ4v) is 2.20. The number of carbonyl (C=O) groups is 1. The fourth-order valence-electron chi connectivity index (χ4n) is 1.94. The Bertz CT molecular complexity index is 717. The molecule has 0 saturated heterocycles. The molecule has 0 aromatic heterocycles. The van der Waals surface area contributed by atoms with E-state index in [0.29, 0.717) is 22.0 Å². The summed E-state index contributed by atoms with van der Waals surface area (Å²) in [6.07, 6.45) is -4.75. The Labute approximate surface area is 141 Å². The number of ether oxygens (including phenoxy) is 2. The molecule has 2 aromatic rings. The average Bonchev–Trinajstić information content (AvgIpc) is 2.48. The van der Waals surface area contributed by atoms with E-state index >= 15 is 0 Å². The number of benzene rings is 2. The second-order valence-corrected chi connectivity index (χ2v) is 5.17. The van der Waals surface area contributed by atoms with Crippen LogP contribution >= 0.6 is 11.6 Å². The molecule has 0 aliphatic heterocycles. The number of rotatable bonds is 5. The summed E-state index contributed by atoms with van der Waals surface area (Å²) in [5.74, 6) is -0.191. The Kier molecular flexibility index (Phi) is 5.56. The molecule has 0 saturated carbocycles. The van der Waals surface area contributed by atoms with Gasteiger partial charge in [-0.25, -0.2) is 0 Å². The minimum absolute atomic E-state index is 0.00402. The molecule has 0 radical (unpaired) electrons. The van der Waals surface area contributed by atoms with E-state index in [0.717, 1.165) is 12.1 Å².